The Balaban J connectivity index is 1.46. The molecule has 1 atom stereocenters. The summed E-state index contributed by atoms with van der Waals surface area (Å²) in [5.74, 6) is 1.46. The number of para-hydroxylation sites is 2. The lowest BCUT2D eigenvalue weighted by atomic mass is 10.2. The molecular weight excluding hydrogens is 336 g/mol. The average Bonchev–Trinajstić information content (AvgIpc) is 3.32. The molecule has 1 aromatic carbocycles. The first-order valence-electron chi connectivity index (χ1n) is 8.07. The van der Waals surface area contributed by atoms with Crippen molar-refractivity contribution in [2.75, 3.05) is 20.2 Å². The summed E-state index contributed by atoms with van der Waals surface area (Å²) in [5.41, 5.74) is 0.901. The third-order valence-corrected chi connectivity index (χ3v) is 5.00. The van der Waals surface area contributed by atoms with Crippen LogP contribution in [0.25, 0.3) is 5.69 Å². The minimum absolute atomic E-state index is 0.0128. The zero-order valence-corrected chi connectivity index (χ0v) is 14.6. The molecule has 1 unspecified atom stereocenters. The zero-order chi connectivity index (χ0) is 17.2. The van der Waals surface area contributed by atoms with Crippen molar-refractivity contribution < 1.29 is 14.3 Å². The van der Waals surface area contributed by atoms with Crippen LogP contribution in [0.5, 0.6) is 11.5 Å². The van der Waals surface area contributed by atoms with Crippen LogP contribution in [0.4, 0.5) is 0 Å². The standard InChI is InChI=1S/C19H18N2O3S/c1-20(12-14-13-23-16-6-2-3-7-17(16)24-14)19(22)18-15(8-11-25-18)21-9-4-5-10-21/h2-11,14H,12-13H2,1H3. The lowest BCUT2D eigenvalue weighted by Crippen LogP contribution is -2.41. The largest absolute Gasteiger partial charge is 0.486 e. The van der Waals surface area contributed by atoms with Crippen LogP contribution in [0, 0.1) is 0 Å². The number of thiophene rings is 1. The Bertz CT molecular complexity index is 872. The minimum atomic E-state index is -0.182. The lowest BCUT2D eigenvalue weighted by Gasteiger charge is -2.29. The Labute approximate surface area is 150 Å². The molecule has 0 saturated carbocycles. The van der Waals surface area contributed by atoms with Crippen molar-refractivity contribution in [3.8, 4) is 17.2 Å². The van der Waals surface area contributed by atoms with Gasteiger partial charge in [-0.15, -0.1) is 11.3 Å². The first-order chi connectivity index (χ1) is 12.2. The number of fused-ring (bicyclic) bond motifs is 1. The monoisotopic (exact) mass is 354 g/mol. The highest BCUT2D eigenvalue weighted by Crippen LogP contribution is 2.31. The summed E-state index contributed by atoms with van der Waals surface area (Å²) in [6, 6.07) is 13.4. The fourth-order valence-corrected chi connectivity index (χ4v) is 3.76. The van der Waals surface area contributed by atoms with Gasteiger partial charge in [0.05, 0.1) is 12.2 Å². The Kier molecular flexibility index (Phi) is 4.19. The molecule has 1 aliphatic heterocycles. The second kappa shape index (κ2) is 6.64. The highest BCUT2D eigenvalue weighted by Gasteiger charge is 2.25. The maximum absolute atomic E-state index is 12.9. The van der Waals surface area contributed by atoms with Gasteiger partial charge < -0.3 is 18.9 Å². The maximum atomic E-state index is 12.9. The Hall–Kier alpha value is -2.73. The van der Waals surface area contributed by atoms with Gasteiger partial charge in [0.25, 0.3) is 5.91 Å². The van der Waals surface area contributed by atoms with Crippen LogP contribution in [-0.2, 0) is 0 Å². The zero-order valence-electron chi connectivity index (χ0n) is 13.8. The smallest absolute Gasteiger partial charge is 0.265 e. The van der Waals surface area contributed by atoms with Gasteiger partial charge in [-0.25, -0.2) is 0 Å². The van der Waals surface area contributed by atoms with E-state index in [9.17, 15) is 4.79 Å². The Morgan fingerprint density at radius 1 is 1.20 bits per heavy atom. The van der Waals surface area contributed by atoms with E-state index in [4.69, 9.17) is 9.47 Å². The van der Waals surface area contributed by atoms with Crippen molar-refractivity contribution in [3.63, 3.8) is 0 Å². The number of rotatable bonds is 4. The molecule has 0 N–H and O–H groups in total. The topological polar surface area (TPSA) is 43.7 Å². The van der Waals surface area contributed by atoms with Crippen molar-refractivity contribution in [1.29, 1.82) is 0 Å². The van der Waals surface area contributed by atoms with Crippen molar-refractivity contribution in [1.82, 2.24) is 9.47 Å². The third kappa shape index (κ3) is 3.13. The molecule has 128 valence electrons. The Morgan fingerprint density at radius 2 is 1.96 bits per heavy atom. The number of hydrogen-bond donors (Lipinski definition) is 0. The Morgan fingerprint density at radius 3 is 2.76 bits per heavy atom. The average molecular weight is 354 g/mol. The molecule has 0 aliphatic carbocycles. The van der Waals surface area contributed by atoms with E-state index in [1.165, 1.54) is 11.3 Å². The summed E-state index contributed by atoms with van der Waals surface area (Å²) in [4.78, 5) is 15.3. The van der Waals surface area contributed by atoms with E-state index in [2.05, 4.69) is 0 Å². The molecule has 0 radical (unpaired) electrons. The molecule has 3 aromatic rings. The number of nitrogens with zero attached hydrogens (tertiary/aromatic N) is 2. The van der Waals surface area contributed by atoms with Gasteiger partial charge >= 0.3 is 0 Å². The SMILES string of the molecule is CN(CC1COc2ccccc2O1)C(=O)c1sccc1-n1cccc1. The second-order valence-corrected chi connectivity index (χ2v) is 6.82. The highest BCUT2D eigenvalue weighted by atomic mass is 32.1. The number of carbonyl (C=O) groups is 1. The summed E-state index contributed by atoms with van der Waals surface area (Å²) >= 11 is 1.45. The predicted octanol–water partition coefficient (Wildman–Crippen LogP) is 3.45. The molecule has 0 fully saturated rings. The molecule has 6 heteroatoms. The highest BCUT2D eigenvalue weighted by molar-refractivity contribution is 7.12. The van der Waals surface area contributed by atoms with Gasteiger partial charge in [0.15, 0.2) is 17.6 Å². The van der Waals surface area contributed by atoms with Gasteiger partial charge in [-0.2, -0.15) is 0 Å². The van der Waals surface area contributed by atoms with Gasteiger partial charge in [-0.05, 0) is 35.7 Å². The van der Waals surface area contributed by atoms with Crippen molar-refractivity contribution in [2.45, 2.75) is 6.10 Å². The van der Waals surface area contributed by atoms with E-state index in [1.807, 2.05) is 64.8 Å². The van der Waals surface area contributed by atoms with E-state index in [-0.39, 0.29) is 12.0 Å². The quantitative estimate of drug-likeness (QED) is 0.721. The first kappa shape index (κ1) is 15.8. The molecule has 0 spiro atoms. The number of amides is 1. The normalized spacial score (nSPS) is 15.8. The van der Waals surface area contributed by atoms with Gasteiger partial charge in [-0.3, -0.25) is 4.79 Å². The van der Waals surface area contributed by atoms with Gasteiger partial charge in [-0.1, -0.05) is 12.1 Å². The third-order valence-electron chi connectivity index (χ3n) is 4.11. The van der Waals surface area contributed by atoms with E-state index in [0.29, 0.717) is 13.2 Å². The first-order valence-corrected chi connectivity index (χ1v) is 8.95. The van der Waals surface area contributed by atoms with Crippen LogP contribution in [0.2, 0.25) is 0 Å². The number of ether oxygens (including phenoxy) is 2. The summed E-state index contributed by atoms with van der Waals surface area (Å²) < 4.78 is 13.6. The van der Waals surface area contributed by atoms with E-state index >= 15 is 0 Å². The molecular formula is C19H18N2O3S. The van der Waals surface area contributed by atoms with E-state index in [0.717, 1.165) is 22.1 Å². The van der Waals surface area contributed by atoms with Gasteiger partial charge in [0.1, 0.15) is 11.5 Å². The fraction of sp³-hybridized carbons (Fsp3) is 0.211. The maximum Gasteiger partial charge on any atom is 0.265 e. The van der Waals surface area contributed by atoms with Crippen molar-refractivity contribution in [2.24, 2.45) is 0 Å². The molecule has 0 saturated heterocycles. The second-order valence-electron chi connectivity index (χ2n) is 5.91. The summed E-state index contributed by atoms with van der Waals surface area (Å²) in [6.45, 7) is 0.902. The number of aromatic nitrogens is 1. The number of hydrogen-bond acceptors (Lipinski definition) is 4. The van der Waals surface area contributed by atoms with Crippen LogP contribution in [-0.4, -0.2) is 41.7 Å². The van der Waals surface area contributed by atoms with Crippen LogP contribution in [0.15, 0.2) is 60.2 Å². The van der Waals surface area contributed by atoms with Gasteiger partial charge in [0.2, 0.25) is 0 Å². The van der Waals surface area contributed by atoms with Crippen LogP contribution >= 0.6 is 11.3 Å². The molecule has 0 bridgehead atoms. The summed E-state index contributed by atoms with van der Waals surface area (Å²) in [5, 5.41) is 1.94. The molecule has 4 rings (SSSR count). The molecule has 5 nitrogen and oxygen atoms in total. The van der Waals surface area contributed by atoms with Crippen LogP contribution < -0.4 is 9.47 Å². The molecule has 1 amide bonds. The van der Waals surface area contributed by atoms with Crippen LogP contribution in [0.3, 0.4) is 0 Å². The predicted molar refractivity (Wildman–Crippen MR) is 97.0 cm³/mol. The van der Waals surface area contributed by atoms with Crippen LogP contribution in [0.1, 0.15) is 9.67 Å². The summed E-state index contributed by atoms with van der Waals surface area (Å²) in [6.07, 6.45) is 3.70. The van der Waals surface area contributed by atoms with E-state index < -0.39 is 0 Å². The minimum Gasteiger partial charge on any atom is -0.486 e. The van der Waals surface area contributed by atoms with Crippen molar-refractivity contribution >= 4 is 17.2 Å². The lowest BCUT2D eigenvalue weighted by molar-refractivity contribution is 0.0524. The van der Waals surface area contributed by atoms with Gasteiger partial charge in [0, 0.05) is 19.4 Å². The molecule has 2 aromatic heterocycles. The fourth-order valence-electron chi connectivity index (χ4n) is 2.88. The van der Waals surface area contributed by atoms with Crippen molar-refractivity contribution in [3.05, 3.63) is 65.1 Å². The van der Waals surface area contributed by atoms with E-state index in [1.54, 1.807) is 11.9 Å². The molecule has 3 heterocycles. The number of likely N-dealkylation sites (N-methyl/N-ethyl adjacent to an activating group) is 1. The summed E-state index contributed by atoms with van der Waals surface area (Å²) in [7, 11) is 1.80. The molecule has 25 heavy (non-hydrogen) atoms. The number of carbonyl (C=O) groups excluding carboxylic acids is 1. The number of benzene rings is 1. The molecule has 1 aliphatic rings.